The molecule has 0 unspecified atom stereocenters. The van der Waals surface area contributed by atoms with Crippen molar-refractivity contribution in [2.45, 2.75) is 58.5 Å². The van der Waals surface area contributed by atoms with Crippen molar-refractivity contribution >= 4 is 40.2 Å². The third kappa shape index (κ3) is 4.86. The van der Waals surface area contributed by atoms with Gasteiger partial charge in [-0.1, -0.05) is 37.6 Å². The van der Waals surface area contributed by atoms with Crippen molar-refractivity contribution in [2.75, 3.05) is 16.8 Å². The van der Waals surface area contributed by atoms with E-state index in [-0.39, 0.29) is 30.0 Å². The minimum Gasteiger partial charge on any atom is -0.456 e. The van der Waals surface area contributed by atoms with Crippen LogP contribution in [0.1, 0.15) is 45.7 Å². The summed E-state index contributed by atoms with van der Waals surface area (Å²) in [6, 6.07) is 14.4. The Morgan fingerprint density at radius 2 is 1.78 bits per heavy atom. The molecule has 2 aromatic carbocycles. The SMILES string of the molecule is CCCCn1c(=O)c(CCC(=O)OCC(=O)N2c3ccccc3NC(=O)C2(C)C)nc2ccccc21. The number of nitrogens with zero attached hydrogens (tertiary/aromatic N) is 3. The van der Waals surface area contributed by atoms with Crippen LogP contribution >= 0.6 is 0 Å². The number of nitrogens with one attached hydrogen (secondary N) is 1. The maximum atomic E-state index is 13.0. The number of unbranched alkanes of at least 4 members (excludes halogenated alkanes) is 1. The van der Waals surface area contributed by atoms with E-state index in [1.54, 1.807) is 42.7 Å². The summed E-state index contributed by atoms with van der Waals surface area (Å²) in [5.74, 6) is -1.46. The summed E-state index contributed by atoms with van der Waals surface area (Å²) in [4.78, 5) is 57.0. The highest BCUT2D eigenvalue weighted by Crippen LogP contribution is 2.36. The second-order valence-electron chi connectivity index (χ2n) is 9.28. The predicted molar refractivity (Wildman–Crippen MR) is 137 cm³/mol. The first-order chi connectivity index (χ1) is 17.2. The number of hydrogen-bond acceptors (Lipinski definition) is 6. The number of ether oxygens (including phenoxy) is 1. The minimum atomic E-state index is -1.16. The summed E-state index contributed by atoms with van der Waals surface area (Å²) in [6.07, 6.45) is 1.80. The van der Waals surface area contributed by atoms with Crippen LogP contribution in [0.25, 0.3) is 11.0 Å². The van der Waals surface area contributed by atoms with Crippen molar-refractivity contribution in [1.29, 1.82) is 0 Å². The largest absolute Gasteiger partial charge is 0.456 e. The molecule has 1 aromatic heterocycles. The van der Waals surface area contributed by atoms with Gasteiger partial charge in [-0.25, -0.2) is 4.98 Å². The molecule has 1 aliphatic rings. The molecule has 0 radical (unpaired) electrons. The van der Waals surface area contributed by atoms with E-state index >= 15 is 0 Å². The molecule has 0 atom stereocenters. The number of carbonyl (C=O) groups is 3. The fourth-order valence-electron chi connectivity index (χ4n) is 4.34. The number of amides is 2. The van der Waals surface area contributed by atoms with Crippen molar-refractivity contribution in [2.24, 2.45) is 0 Å². The van der Waals surface area contributed by atoms with Gasteiger partial charge in [0, 0.05) is 13.0 Å². The summed E-state index contributed by atoms with van der Waals surface area (Å²) in [7, 11) is 0. The second-order valence-corrected chi connectivity index (χ2v) is 9.28. The Hall–Kier alpha value is -4.01. The quantitative estimate of drug-likeness (QED) is 0.485. The number of anilines is 2. The lowest BCUT2D eigenvalue weighted by Crippen LogP contribution is -2.59. The molecule has 1 N–H and O–H groups in total. The first-order valence-corrected chi connectivity index (χ1v) is 12.1. The van der Waals surface area contributed by atoms with Crippen LogP contribution in [0.15, 0.2) is 53.3 Å². The lowest BCUT2D eigenvalue weighted by Gasteiger charge is -2.41. The van der Waals surface area contributed by atoms with E-state index in [1.165, 1.54) is 4.90 Å². The van der Waals surface area contributed by atoms with E-state index in [0.29, 0.717) is 23.4 Å². The maximum absolute atomic E-state index is 13.0. The molecule has 9 nitrogen and oxygen atoms in total. The van der Waals surface area contributed by atoms with Gasteiger partial charge in [-0.3, -0.25) is 24.1 Å². The average Bonchev–Trinajstić information content (AvgIpc) is 2.86. The molecule has 2 heterocycles. The van der Waals surface area contributed by atoms with Crippen molar-refractivity contribution in [3.05, 3.63) is 64.6 Å². The number of rotatable bonds is 8. The standard InChI is InChI=1S/C27H30N4O5/c1-4-5-16-30-21-12-8-6-10-18(21)28-20(25(30)34)14-15-24(33)36-17-23(32)31-22-13-9-7-11-19(22)29-26(35)27(31,2)3/h6-13H,4-5,14-17H2,1-3H3,(H,29,35). The lowest BCUT2D eigenvalue weighted by molar-refractivity contribution is -0.148. The molecule has 1 aliphatic heterocycles. The van der Waals surface area contributed by atoms with Gasteiger partial charge in [0.05, 0.1) is 28.8 Å². The zero-order valence-electron chi connectivity index (χ0n) is 20.7. The van der Waals surface area contributed by atoms with Crippen molar-refractivity contribution in [1.82, 2.24) is 9.55 Å². The molecule has 0 spiro atoms. The fraction of sp³-hybridized carbons (Fsp3) is 0.370. The van der Waals surface area contributed by atoms with Crippen LogP contribution in [0.3, 0.4) is 0 Å². The molecule has 36 heavy (non-hydrogen) atoms. The van der Waals surface area contributed by atoms with Crippen molar-refractivity contribution in [3.8, 4) is 0 Å². The number of aryl methyl sites for hydroxylation is 2. The Morgan fingerprint density at radius 3 is 2.56 bits per heavy atom. The highest BCUT2D eigenvalue weighted by molar-refractivity contribution is 6.14. The average molecular weight is 491 g/mol. The van der Waals surface area contributed by atoms with Crippen LogP contribution in [-0.4, -0.2) is 39.5 Å². The van der Waals surface area contributed by atoms with Gasteiger partial charge in [-0.2, -0.15) is 0 Å². The summed E-state index contributed by atoms with van der Waals surface area (Å²) < 4.78 is 6.95. The molecular weight excluding hydrogens is 460 g/mol. The minimum absolute atomic E-state index is 0.0951. The number of esters is 1. The smallest absolute Gasteiger partial charge is 0.306 e. The normalized spacial score (nSPS) is 14.3. The molecule has 0 fully saturated rings. The topological polar surface area (TPSA) is 111 Å². The first-order valence-electron chi connectivity index (χ1n) is 12.1. The summed E-state index contributed by atoms with van der Waals surface area (Å²) in [6.45, 7) is 5.38. The number of carbonyl (C=O) groups excluding carboxylic acids is 3. The number of hydrogen-bond donors (Lipinski definition) is 1. The molecule has 0 saturated carbocycles. The van der Waals surface area contributed by atoms with E-state index in [9.17, 15) is 19.2 Å². The summed E-state index contributed by atoms with van der Waals surface area (Å²) >= 11 is 0. The number of para-hydroxylation sites is 4. The molecule has 0 aliphatic carbocycles. The molecule has 2 amide bonds. The van der Waals surface area contributed by atoms with Crippen molar-refractivity contribution in [3.63, 3.8) is 0 Å². The van der Waals surface area contributed by atoms with Gasteiger partial charge in [0.2, 0.25) is 5.91 Å². The van der Waals surface area contributed by atoms with Crippen LogP contribution < -0.4 is 15.8 Å². The van der Waals surface area contributed by atoms with E-state index < -0.39 is 24.0 Å². The predicted octanol–water partition coefficient (Wildman–Crippen LogP) is 3.44. The zero-order chi connectivity index (χ0) is 25.9. The number of benzene rings is 2. The lowest BCUT2D eigenvalue weighted by atomic mass is 9.96. The Bertz CT molecular complexity index is 1380. The number of fused-ring (bicyclic) bond motifs is 2. The summed E-state index contributed by atoms with van der Waals surface area (Å²) in [5.41, 5.74) is 1.42. The molecule has 188 valence electrons. The molecule has 0 bridgehead atoms. The number of aromatic nitrogens is 2. The summed E-state index contributed by atoms with van der Waals surface area (Å²) in [5, 5.41) is 2.79. The van der Waals surface area contributed by atoms with Crippen molar-refractivity contribution < 1.29 is 19.1 Å². The highest BCUT2D eigenvalue weighted by atomic mass is 16.5. The van der Waals surface area contributed by atoms with Gasteiger partial charge < -0.3 is 14.6 Å². The first kappa shape index (κ1) is 25.1. The molecule has 9 heteroatoms. The van der Waals surface area contributed by atoms with Gasteiger partial charge in [0.15, 0.2) is 6.61 Å². The zero-order valence-corrected chi connectivity index (χ0v) is 20.7. The second kappa shape index (κ2) is 10.3. The maximum Gasteiger partial charge on any atom is 0.306 e. The van der Waals surface area contributed by atoms with Crippen LogP contribution in [0.5, 0.6) is 0 Å². The van der Waals surface area contributed by atoms with E-state index in [2.05, 4.69) is 17.2 Å². The van der Waals surface area contributed by atoms with Crippen LogP contribution in [-0.2, 0) is 32.1 Å². The monoisotopic (exact) mass is 490 g/mol. The van der Waals surface area contributed by atoms with E-state index in [0.717, 1.165) is 18.4 Å². The van der Waals surface area contributed by atoms with E-state index in [1.807, 2.05) is 24.3 Å². The van der Waals surface area contributed by atoms with Crippen LogP contribution in [0.2, 0.25) is 0 Å². The third-order valence-corrected chi connectivity index (χ3v) is 6.34. The van der Waals surface area contributed by atoms with Gasteiger partial charge in [-0.05, 0) is 44.5 Å². The Balaban J connectivity index is 1.44. The Kier molecular flexibility index (Phi) is 7.19. The highest BCUT2D eigenvalue weighted by Gasteiger charge is 2.43. The van der Waals surface area contributed by atoms with E-state index in [4.69, 9.17) is 4.74 Å². The fourth-order valence-corrected chi connectivity index (χ4v) is 4.34. The Labute approximate surface area is 209 Å². The van der Waals surface area contributed by atoms with Crippen LogP contribution in [0.4, 0.5) is 11.4 Å². The van der Waals surface area contributed by atoms with Gasteiger partial charge >= 0.3 is 5.97 Å². The molecule has 4 rings (SSSR count). The third-order valence-electron chi connectivity index (χ3n) is 6.34. The van der Waals surface area contributed by atoms with Crippen LogP contribution in [0, 0.1) is 0 Å². The van der Waals surface area contributed by atoms with Gasteiger partial charge in [-0.15, -0.1) is 0 Å². The molecular formula is C27H30N4O5. The Morgan fingerprint density at radius 1 is 1.06 bits per heavy atom. The van der Waals surface area contributed by atoms with Gasteiger partial charge in [0.1, 0.15) is 11.2 Å². The van der Waals surface area contributed by atoms with Gasteiger partial charge in [0.25, 0.3) is 11.5 Å². The molecule has 0 saturated heterocycles. The molecule has 3 aromatic rings.